The molecule has 1 amide bonds. The zero-order valence-corrected chi connectivity index (χ0v) is 16.4. The second-order valence-electron chi connectivity index (χ2n) is 6.73. The maximum absolute atomic E-state index is 12.5. The molecule has 1 aliphatic rings. The number of aromatic nitrogens is 2. The van der Waals surface area contributed by atoms with Crippen LogP contribution in [0.4, 0.5) is 18.3 Å². The molecule has 0 unspecified atom stereocenters. The van der Waals surface area contributed by atoms with Gasteiger partial charge in [0.05, 0.1) is 0 Å². The summed E-state index contributed by atoms with van der Waals surface area (Å²) in [5.74, 6) is -0.537. The second-order valence-corrected chi connectivity index (χ2v) is 7.80. The third-order valence-electron chi connectivity index (χ3n) is 4.55. The van der Waals surface area contributed by atoms with Gasteiger partial charge in [0.25, 0.3) is 5.91 Å². The Morgan fingerprint density at radius 2 is 1.93 bits per heavy atom. The fourth-order valence-electron chi connectivity index (χ4n) is 3.15. The normalized spacial score (nSPS) is 13.6. The third kappa shape index (κ3) is 5.14. The molecule has 30 heavy (non-hydrogen) atoms. The van der Waals surface area contributed by atoms with E-state index in [1.54, 1.807) is 6.07 Å². The summed E-state index contributed by atoms with van der Waals surface area (Å²) in [6.45, 7) is 1.70. The number of amides is 1. The van der Waals surface area contributed by atoms with Gasteiger partial charge in [-0.05, 0) is 53.9 Å². The monoisotopic (exact) mass is 434 g/mol. The number of fused-ring (bicyclic) bond motifs is 1. The Morgan fingerprint density at radius 3 is 2.70 bits per heavy atom. The molecule has 0 spiro atoms. The van der Waals surface area contributed by atoms with Crippen molar-refractivity contribution in [2.75, 3.05) is 11.9 Å². The molecule has 1 aliphatic heterocycles. The van der Waals surface area contributed by atoms with Gasteiger partial charge < -0.3 is 10.1 Å². The zero-order chi connectivity index (χ0) is 21.1. The molecular formula is C20H17F3N4O2S. The summed E-state index contributed by atoms with van der Waals surface area (Å²) < 4.78 is 40.5. The Kier molecular flexibility index (Phi) is 5.69. The Balaban J connectivity index is 1.38. The molecule has 2 heterocycles. The lowest BCUT2D eigenvalue weighted by Crippen LogP contribution is -2.24. The molecule has 0 saturated heterocycles. The highest BCUT2D eigenvalue weighted by Crippen LogP contribution is 2.25. The van der Waals surface area contributed by atoms with Gasteiger partial charge in [-0.15, -0.1) is 23.4 Å². The highest BCUT2D eigenvalue weighted by Gasteiger charge is 2.30. The minimum absolute atomic E-state index is 0.257. The molecule has 0 fully saturated rings. The third-order valence-corrected chi connectivity index (χ3v) is 5.39. The fourth-order valence-corrected chi connectivity index (χ4v) is 3.92. The van der Waals surface area contributed by atoms with Crippen molar-refractivity contribution in [2.24, 2.45) is 0 Å². The minimum Gasteiger partial charge on any atom is -0.406 e. The molecule has 0 aliphatic carbocycles. The predicted octanol–water partition coefficient (Wildman–Crippen LogP) is 3.93. The van der Waals surface area contributed by atoms with Crippen LogP contribution < -0.4 is 15.4 Å². The molecule has 0 radical (unpaired) electrons. The summed E-state index contributed by atoms with van der Waals surface area (Å²) in [4.78, 5) is 12.5. The topological polar surface area (TPSA) is 76.1 Å². The highest BCUT2D eigenvalue weighted by atomic mass is 32.1. The van der Waals surface area contributed by atoms with Crippen molar-refractivity contribution in [1.29, 1.82) is 0 Å². The molecule has 4 rings (SSSR count). The number of ether oxygens (including phenoxy) is 1. The average molecular weight is 434 g/mol. The van der Waals surface area contributed by atoms with E-state index in [-0.39, 0.29) is 11.7 Å². The zero-order valence-electron chi connectivity index (χ0n) is 15.6. The summed E-state index contributed by atoms with van der Waals surface area (Å²) in [6, 6.07) is 11.2. The van der Waals surface area contributed by atoms with Crippen molar-refractivity contribution in [3.8, 4) is 5.75 Å². The van der Waals surface area contributed by atoms with E-state index in [9.17, 15) is 18.0 Å². The minimum atomic E-state index is -4.72. The van der Waals surface area contributed by atoms with Crippen LogP contribution in [-0.2, 0) is 19.4 Å². The number of nitrogens with zero attached hydrogens (tertiary/aromatic N) is 2. The van der Waals surface area contributed by atoms with Gasteiger partial charge in [0.1, 0.15) is 10.8 Å². The second kappa shape index (κ2) is 8.41. The van der Waals surface area contributed by atoms with Gasteiger partial charge in [0.15, 0.2) is 0 Å². The standard InChI is InChI=1S/C20H17F3N4O2S/c21-20(22,23)29-16-5-1-12(2-6-16)9-17-26-27-19(30-17)25-18(28)14-3-4-15-11-24-8-7-13(15)10-14/h1-6,10,24H,7-9,11H2,(H,25,27,28). The first-order valence-electron chi connectivity index (χ1n) is 9.17. The van der Waals surface area contributed by atoms with Crippen molar-refractivity contribution in [3.63, 3.8) is 0 Å². The number of rotatable bonds is 5. The van der Waals surface area contributed by atoms with E-state index in [1.807, 2.05) is 12.1 Å². The molecule has 6 nitrogen and oxygen atoms in total. The molecule has 1 aromatic heterocycles. The van der Waals surface area contributed by atoms with Crippen LogP contribution in [0.3, 0.4) is 0 Å². The molecule has 0 saturated carbocycles. The van der Waals surface area contributed by atoms with Crippen LogP contribution in [0.25, 0.3) is 0 Å². The average Bonchev–Trinajstić information content (AvgIpc) is 3.14. The molecule has 3 aromatic rings. The molecule has 2 N–H and O–H groups in total. The number of carbonyl (C=O) groups excluding carboxylic acids is 1. The molecule has 0 bridgehead atoms. The van der Waals surface area contributed by atoms with Crippen LogP contribution in [0, 0.1) is 0 Å². The van der Waals surface area contributed by atoms with Crippen LogP contribution >= 0.6 is 11.3 Å². The number of hydrogen-bond acceptors (Lipinski definition) is 6. The number of anilines is 1. The maximum atomic E-state index is 12.5. The molecule has 0 atom stereocenters. The van der Waals surface area contributed by atoms with Crippen molar-refractivity contribution in [1.82, 2.24) is 15.5 Å². The van der Waals surface area contributed by atoms with E-state index in [4.69, 9.17) is 0 Å². The Hall–Kier alpha value is -2.98. The summed E-state index contributed by atoms with van der Waals surface area (Å²) in [5, 5.41) is 15.1. The summed E-state index contributed by atoms with van der Waals surface area (Å²) >= 11 is 1.22. The lowest BCUT2D eigenvalue weighted by atomic mass is 9.98. The van der Waals surface area contributed by atoms with Crippen LogP contribution in [0.5, 0.6) is 5.75 Å². The van der Waals surface area contributed by atoms with E-state index < -0.39 is 6.36 Å². The number of nitrogens with one attached hydrogen (secondary N) is 2. The van der Waals surface area contributed by atoms with Crippen molar-refractivity contribution in [2.45, 2.75) is 25.7 Å². The predicted molar refractivity (Wildman–Crippen MR) is 106 cm³/mol. The molecule has 156 valence electrons. The summed E-state index contributed by atoms with van der Waals surface area (Å²) in [5.41, 5.74) is 3.68. The Morgan fingerprint density at radius 1 is 1.13 bits per heavy atom. The number of alkyl halides is 3. The smallest absolute Gasteiger partial charge is 0.406 e. The van der Waals surface area contributed by atoms with E-state index >= 15 is 0 Å². The van der Waals surface area contributed by atoms with Crippen LogP contribution in [-0.4, -0.2) is 29.0 Å². The van der Waals surface area contributed by atoms with Gasteiger partial charge in [-0.2, -0.15) is 0 Å². The summed E-state index contributed by atoms with van der Waals surface area (Å²) in [7, 11) is 0. The first-order chi connectivity index (χ1) is 14.4. The van der Waals surface area contributed by atoms with Crippen molar-refractivity contribution in [3.05, 3.63) is 69.7 Å². The van der Waals surface area contributed by atoms with E-state index in [0.29, 0.717) is 22.1 Å². The van der Waals surface area contributed by atoms with Crippen LogP contribution in [0.1, 0.15) is 32.1 Å². The van der Waals surface area contributed by atoms with Gasteiger partial charge in [0.2, 0.25) is 5.13 Å². The fraction of sp³-hybridized carbons (Fsp3) is 0.250. The quantitative estimate of drug-likeness (QED) is 0.637. The van der Waals surface area contributed by atoms with Crippen LogP contribution in [0.15, 0.2) is 42.5 Å². The number of carbonyl (C=O) groups is 1. The van der Waals surface area contributed by atoms with Crippen molar-refractivity contribution >= 4 is 22.4 Å². The highest BCUT2D eigenvalue weighted by molar-refractivity contribution is 7.15. The van der Waals surface area contributed by atoms with Gasteiger partial charge >= 0.3 is 6.36 Å². The first kappa shape index (κ1) is 20.3. The largest absolute Gasteiger partial charge is 0.573 e. The van der Waals surface area contributed by atoms with Gasteiger partial charge in [0, 0.05) is 18.5 Å². The molecule has 2 aromatic carbocycles. The van der Waals surface area contributed by atoms with E-state index in [1.165, 1.54) is 41.2 Å². The Labute approximate surface area is 174 Å². The van der Waals surface area contributed by atoms with E-state index in [0.717, 1.165) is 30.6 Å². The first-order valence-corrected chi connectivity index (χ1v) is 9.98. The van der Waals surface area contributed by atoms with Gasteiger partial charge in [-0.1, -0.05) is 29.5 Å². The number of halogens is 3. The molecular weight excluding hydrogens is 417 g/mol. The summed E-state index contributed by atoms with van der Waals surface area (Å²) in [6.07, 6.45) is -3.46. The maximum Gasteiger partial charge on any atom is 0.573 e. The SMILES string of the molecule is O=C(Nc1nnc(Cc2ccc(OC(F)(F)F)cc2)s1)c1ccc2c(c1)CCNC2. The van der Waals surface area contributed by atoms with Crippen molar-refractivity contribution < 1.29 is 22.7 Å². The number of benzene rings is 2. The van der Waals surface area contributed by atoms with E-state index in [2.05, 4.69) is 25.6 Å². The Bertz CT molecular complexity index is 1050. The lowest BCUT2D eigenvalue weighted by molar-refractivity contribution is -0.274. The van der Waals surface area contributed by atoms with Gasteiger partial charge in [-0.3, -0.25) is 10.1 Å². The lowest BCUT2D eigenvalue weighted by Gasteiger charge is -2.17. The van der Waals surface area contributed by atoms with Crippen LogP contribution in [0.2, 0.25) is 0 Å². The molecule has 10 heteroatoms. The number of hydrogen-bond donors (Lipinski definition) is 2. The van der Waals surface area contributed by atoms with Gasteiger partial charge in [-0.25, -0.2) is 0 Å².